The van der Waals surface area contributed by atoms with Crippen molar-refractivity contribution in [2.45, 2.75) is 32.7 Å². The van der Waals surface area contributed by atoms with Gasteiger partial charge in [0, 0.05) is 24.7 Å². The molecule has 15 heavy (non-hydrogen) atoms. The Balaban J connectivity index is 1.94. The lowest BCUT2D eigenvalue weighted by atomic mass is 9.84. The molecule has 0 aliphatic carbocycles. The van der Waals surface area contributed by atoms with Crippen molar-refractivity contribution in [3.05, 3.63) is 0 Å². The fraction of sp³-hybridized carbons (Fsp3) is 0.909. The summed E-state index contributed by atoms with van der Waals surface area (Å²) in [6, 6.07) is 0.0731. The minimum absolute atomic E-state index is 0.0731. The fourth-order valence-electron chi connectivity index (χ4n) is 2.39. The molecule has 1 amide bonds. The zero-order chi connectivity index (χ0) is 10.9. The van der Waals surface area contributed by atoms with Crippen LogP contribution in [0.15, 0.2) is 0 Å². The first-order chi connectivity index (χ1) is 7.08. The average molecular weight is 228 g/mol. The highest BCUT2D eigenvalue weighted by Gasteiger charge is 2.33. The predicted octanol–water partition coefficient (Wildman–Crippen LogP) is 1.30. The normalized spacial score (nSPS) is 30.5. The predicted molar refractivity (Wildman–Crippen MR) is 63.8 cm³/mol. The number of rotatable bonds is 1. The number of carbonyl (C=O) groups excluding carboxylic acids is 1. The lowest BCUT2D eigenvalue weighted by molar-refractivity contribution is -0.135. The summed E-state index contributed by atoms with van der Waals surface area (Å²) in [6.07, 6.45) is 2.39. The smallest absolute Gasteiger partial charge is 0.240 e. The lowest BCUT2D eigenvalue weighted by Gasteiger charge is -2.39. The summed E-state index contributed by atoms with van der Waals surface area (Å²) in [6.45, 7) is 6.38. The van der Waals surface area contributed by atoms with E-state index in [1.165, 1.54) is 6.42 Å². The largest absolute Gasteiger partial charge is 0.341 e. The quantitative estimate of drug-likeness (QED) is 0.734. The maximum atomic E-state index is 12.1. The number of thioether (sulfide) groups is 1. The van der Waals surface area contributed by atoms with E-state index in [4.69, 9.17) is 0 Å². The SMILES string of the molecule is CC1(C)CCCN(C(=O)[C@H]2CSCN2)C1. The number of carbonyl (C=O) groups is 1. The van der Waals surface area contributed by atoms with Crippen molar-refractivity contribution in [2.75, 3.05) is 24.7 Å². The molecular formula is C11H20N2OS. The van der Waals surface area contributed by atoms with E-state index < -0.39 is 0 Å². The van der Waals surface area contributed by atoms with Crippen LogP contribution in [0, 0.1) is 5.41 Å². The molecule has 0 spiro atoms. The first-order valence-electron chi connectivity index (χ1n) is 5.68. The Kier molecular flexibility index (Phi) is 3.26. The van der Waals surface area contributed by atoms with E-state index in [0.29, 0.717) is 11.3 Å². The lowest BCUT2D eigenvalue weighted by Crippen LogP contribution is -2.50. The van der Waals surface area contributed by atoms with E-state index in [2.05, 4.69) is 19.2 Å². The van der Waals surface area contributed by atoms with Gasteiger partial charge in [0.2, 0.25) is 5.91 Å². The molecule has 0 unspecified atom stereocenters. The summed E-state index contributed by atoms with van der Waals surface area (Å²) in [5.74, 6) is 2.18. The van der Waals surface area contributed by atoms with E-state index in [0.717, 1.165) is 31.1 Å². The first kappa shape index (κ1) is 11.3. The molecule has 2 rings (SSSR count). The van der Waals surface area contributed by atoms with Gasteiger partial charge >= 0.3 is 0 Å². The van der Waals surface area contributed by atoms with Crippen LogP contribution in [0.1, 0.15) is 26.7 Å². The third-order valence-corrected chi connectivity index (χ3v) is 4.17. The van der Waals surface area contributed by atoms with Crippen LogP contribution < -0.4 is 5.32 Å². The molecule has 0 aromatic heterocycles. The molecule has 2 aliphatic heterocycles. The number of piperidine rings is 1. The molecule has 0 radical (unpaired) electrons. The van der Waals surface area contributed by atoms with Crippen LogP contribution in [-0.2, 0) is 4.79 Å². The van der Waals surface area contributed by atoms with Gasteiger partial charge in [0.05, 0.1) is 6.04 Å². The van der Waals surface area contributed by atoms with Gasteiger partial charge in [-0.05, 0) is 18.3 Å². The Hall–Kier alpha value is -0.220. The van der Waals surface area contributed by atoms with Crippen molar-refractivity contribution in [3.63, 3.8) is 0 Å². The third kappa shape index (κ3) is 2.67. The van der Waals surface area contributed by atoms with Crippen LogP contribution in [0.25, 0.3) is 0 Å². The molecule has 2 fully saturated rings. The van der Waals surface area contributed by atoms with Crippen molar-refractivity contribution in [1.82, 2.24) is 10.2 Å². The molecule has 0 aromatic rings. The zero-order valence-electron chi connectivity index (χ0n) is 9.58. The Labute approximate surface area is 96.0 Å². The molecule has 3 nitrogen and oxygen atoms in total. The van der Waals surface area contributed by atoms with Crippen LogP contribution in [0.4, 0.5) is 0 Å². The van der Waals surface area contributed by atoms with Gasteiger partial charge in [0.15, 0.2) is 0 Å². The number of hydrogen-bond donors (Lipinski definition) is 1. The summed E-state index contributed by atoms with van der Waals surface area (Å²) >= 11 is 1.82. The summed E-state index contributed by atoms with van der Waals surface area (Å²) in [4.78, 5) is 14.2. The molecule has 1 atom stereocenters. The highest BCUT2D eigenvalue weighted by molar-refractivity contribution is 7.99. The summed E-state index contributed by atoms with van der Waals surface area (Å²) < 4.78 is 0. The molecule has 4 heteroatoms. The topological polar surface area (TPSA) is 32.3 Å². The van der Waals surface area contributed by atoms with Gasteiger partial charge in [-0.2, -0.15) is 0 Å². The van der Waals surface area contributed by atoms with Crippen LogP contribution in [-0.4, -0.2) is 41.6 Å². The molecule has 86 valence electrons. The second-order valence-electron chi connectivity index (χ2n) is 5.30. The number of nitrogens with zero attached hydrogens (tertiary/aromatic N) is 1. The van der Waals surface area contributed by atoms with Crippen molar-refractivity contribution in [3.8, 4) is 0 Å². The minimum atomic E-state index is 0.0731. The highest BCUT2D eigenvalue weighted by Crippen LogP contribution is 2.29. The molecule has 2 aliphatic rings. The van der Waals surface area contributed by atoms with Gasteiger partial charge in [-0.1, -0.05) is 13.8 Å². The van der Waals surface area contributed by atoms with Crippen molar-refractivity contribution in [2.24, 2.45) is 5.41 Å². The molecule has 0 aromatic carbocycles. The van der Waals surface area contributed by atoms with Gasteiger partial charge in [-0.3, -0.25) is 10.1 Å². The Morgan fingerprint density at radius 2 is 2.33 bits per heavy atom. The summed E-state index contributed by atoms with van der Waals surface area (Å²) in [5.41, 5.74) is 0.305. The maximum absolute atomic E-state index is 12.1. The second kappa shape index (κ2) is 4.34. The Morgan fingerprint density at radius 1 is 1.53 bits per heavy atom. The molecule has 2 saturated heterocycles. The number of hydrogen-bond acceptors (Lipinski definition) is 3. The van der Waals surface area contributed by atoms with Crippen LogP contribution >= 0.6 is 11.8 Å². The molecule has 0 saturated carbocycles. The van der Waals surface area contributed by atoms with Gasteiger partial charge in [0.1, 0.15) is 0 Å². The Bertz CT molecular complexity index is 249. The van der Waals surface area contributed by atoms with Gasteiger partial charge < -0.3 is 4.90 Å². The van der Waals surface area contributed by atoms with E-state index in [1.807, 2.05) is 16.7 Å². The van der Waals surface area contributed by atoms with Crippen LogP contribution in [0.5, 0.6) is 0 Å². The van der Waals surface area contributed by atoms with Crippen LogP contribution in [0.2, 0.25) is 0 Å². The standard InChI is InChI=1S/C11H20N2OS/c1-11(2)4-3-5-13(7-11)10(14)9-6-15-8-12-9/h9,12H,3-8H2,1-2H3/t9-/m1/s1. The molecular weight excluding hydrogens is 208 g/mol. The minimum Gasteiger partial charge on any atom is -0.341 e. The van der Waals surface area contributed by atoms with Crippen molar-refractivity contribution < 1.29 is 4.79 Å². The number of likely N-dealkylation sites (tertiary alicyclic amines) is 1. The maximum Gasteiger partial charge on any atom is 0.240 e. The average Bonchev–Trinajstić information content (AvgIpc) is 2.67. The van der Waals surface area contributed by atoms with Gasteiger partial charge in [0.25, 0.3) is 0 Å². The third-order valence-electron chi connectivity index (χ3n) is 3.23. The fourth-order valence-corrected chi connectivity index (χ4v) is 3.32. The van der Waals surface area contributed by atoms with Gasteiger partial charge in [-0.15, -0.1) is 11.8 Å². The monoisotopic (exact) mass is 228 g/mol. The summed E-state index contributed by atoms with van der Waals surface area (Å²) in [5, 5.41) is 3.25. The number of nitrogens with one attached hydrogen (secondary N) is 1. The molecule has 0 bridgehead atoms. The van der Waals surface area contributed by atoms with E-state index in [1.54, 1.807) is 0 Å². The first-order valence-corrected chi connectivity index (χ1v) is 6.84. The van der Waals surface area contributed by atoms with E-state index in [9.17, 15) is 4.79 Å². The molecule has 2 heterocycles. The Morgan fingerprint density at radius 3 is 2.93 bits per heavy atom. The van der Waals surface area contributed by atoms with Crippen LogP contribution in [0.3, 0.4) is 0 Å². The highest BCUT2D eigenvalue weighted by atomic mass is 32.2. The van der Waals surface area contributed by atoms with E-state index >= 15 is 0 Å². The number of amides is 1. The van der Waals surface area contributed by atoms with Gasteiger partial charge in [-0.25, -0.2) is 0 Å². The second-order valence-corrected chi connectivity index (χ2v) is 6.33. The molecule has 1 N–H and O–H groups in total. The van der Waals surface area contributed by atoms with E-state index in [-0.39, 0.29) is 6.04 Å². The zero-order valence-corrected chi connectivity index (χ0v) is 10.4. The summed E-state index contributed by atoms with van der Waals surface area (Å²) in [7, 11) is 0. The van der Waals surface area contributed by atoms with Crippen molar-refractivity contribution >= 4 is 17.7 Å². The van der Waals surface area contributed by atoms with Crippen molar-refractivity contribution in [1.29, 1.82) is 0 Å².